The van der Waals surface area contributed by atoms with E-state index in [0.29, 0.717) is 49.4 Å². The lowest BCUT2D eigenvalue weighted by Crippen LogP contribution is -2.52. The molecule has 1 amide bonds. The Bertz CT molecular complexity index is 1230. The van der Waals surface area contributed by atoms with Gasteiger partial charge in [0.1, 0.15) is 17.0 Å². The van der Waals surface area contributed by atoms with E-state index in [1.54, 1.807) is 0 Å². The summed E-state index contributed by atoms with van der Waals surface area (Å²) in [7, 11) is 1.96. The molecule has 0 atom stereocenters. The Labute approximate surface area is 182 Å². The van der Waals surface area contributed by atoms with Crippen molar-refractivity contribution in [3.8, 4) is 5.75 Å². The molecule has 5 nitrogen and oxygen atoms in total. The smallest absolute Gasteiger partial charge is 0.270 e. The van der Waals surface area contributed by atoms with Crippen molar-refractivity contribution < 1.29 is 14.3 Å². The second-order valence-corrected chi connectivity index (χ2v) is 9.29. The molecule has 31 heavy (non-hydrogen) atoms. The zero-order valence-corrected chi connectivity index (χ0v) is 18.6. The molecule has 0 saturated carbocycles. The highest BCUT2D eigenvalue weighted by molar-refractivity contribution is 6.01. The second-order valence-electron chi connectivity index (χ2n) is 9.29. The number of Topliss-reactive ketones (excluding diaryl/α,β-unsaturated/α-hetero) is 1. The van der Waals surface area contributed by atoms with Crippen LogP contribution in [0.15, 0.2) is 36.4 Å². The lowest BCUT2D eigenvalue weighted by Gasteiger charge is -2.44. The molecule has 1 saturated heterocycles. The first kappa shape index (κ1) is 19.9. The number of fused-ring (bicyclic) bond motifs is 2. The number of rotatable bonds is 1. The quantitative estimate of drug-likeness (QED) is 0.576. The van der Waals surface area contributed by atoms with Gasteiger partial charge in [-0.2, -0.15) is 0 Å². The van der Waals surface area contributed by atoms with Gasteiger partial charge < -0.3 is 14.2 Å². The number of hydrogen-bond acceptors (Lipinski definition) is 3. The van der Waals surface area contributed by atoms with E-state index in [-0.39, 0.29) is 11.7 Å². The third kappa shape index (κ3) is 3.23. The topological polar surface area (TPSA) is 51.5 Å². The molecule has 1 spiro atoms. The van der Waals surface area contributed by atoms with Gasteiger partial charge >= 0.3 is 0 Å². The minimum Gasteiger partial charge on any atom is -0.486 e. The fraction of sp³-hybridized carbons (Fsp3) is 0.385. The van der Waals surface area contributed by atoms with Crippen LogP contribution in [0.1, 0.15) is 56.8 Å². The van der Waals surface area contributed by atoms with Gasteiger partial charge in [-0.05, 0) is 50.6 Å². The first-order valence-corrected chi connectivity index (χ1v) is 11.0. The van der Waals surface area contributed by atoms with Crippen molar-refractivity contribution in [2.45, 2.75) is 45.6 Å². The van der Waals surface area contributed by atoms with Crippen molar-refractivity contribution in [1.82, 2.24) is 9.47 Å². The zero-order valence-electron chi connectivity index (χ0n) is 18.6. The van der Waals surface area contributed by atoms with E-state index in [4.69, 9.17) is 4.74 Å². The van der Waals surface area contributed by atoms with Crippen LogP contribution in [0.3, 0.4) is 0 Å². The molecule has 160 valence electrons. The standard InChI is InChI=1S/C26H28N2O3/c1-16-5-6-23-20(13-16)22(29)15-26(31-23)7-9-28(10-8-26)25(30)21-14-19-12-17(2)11-18(3)24(19)27(21)4/h5-6,11-14H,7-10,15H2,1-4H3. The van der Waals surface area contributed by atoms with Crippen LogP contribution in [0.25, 0.3) is 10.9 Å². The Morgan fingerprint density at radius 2 is 1.74 bits per heavy atom. The predicted octanol–water partition coefficient (Wildman–Crippen LogP) is 4.74. The molecule has 5 heteroatoms. The van der Waals surface area contributed by atoms with Gasteiger partial charge in [0.25, 0.3) is 5.91 Å². The summed E-state index contributed by atoms with van der Waals surface area (Å²) in [4.78, 5) is 28.0. The fourth-order valence-electron chi connectivity index (χ4n) is 5.30. The van der Waals surface area contributed by atoms with Gasteiger partial charge in [-0.1, -0.05) is 23.3 Å². The fourth-order valence-corrected chi connectivity index (χ4v) is 5.30. The van der Waals surface area contributed by atoms with E-state index >= 15 is 0 Å². The van der Waals surface area contributed by atoms with Crippen molar-refractivity contribution in [3.05, 3.63) is 64.3 Å². The van der Waals surface area contributed by atoms with E-state index in [2.05, 4.69) is 26.0 Å². The lowest BCUT2D eigenvalue weighted by atomic mass is 9.82. The highest BCUT2D eigenvalue weighted by atomic mass is 16.5. The first-order chi connectivity index (χ1) is 14.8. The predicted molar refractivity (Wildman–Crippen MR) is 121 cm³/mol. The molecule has 2 aliphatic heterocycles. The minimum absolute atomic E-state index is 0.0452. The maximum Gasteiger partial charge on any atom is 0.270 e. The van der Waals surface area contributed by atoms with Crippen LogP contribution in [-0.2, 0) is 7.05 Å². The average Bonchev–Trinajstić information content (AvgIpc) is 3.05. The molecule has 3 heterocycles. The van der Waals surface area contributed by atoms with Crippen molar-refractivity contribution in [2.24, 2.45) is 7.05 Å². The second kappa shape index (κ2) is 6.98. The number of hydrogen-bond donors (Lipinski definition) is 0. The molecule has 2 aromatic carbocycles. The summed E-state index contributed by atoms with van der Waals surface area (Å²) in [5.74, 6) is 0.870. The van der Waals surface area contributed by atoms with Crippen LogP contribution in [0.2, 0.25) is 0 Å². The summed E-state index contributed by atoms with van der Waals surface area (Å²) in [6.07, 6.45) is 1.72. The molecule has 0 unspecified atom stereocenters. The van der Waals surface area contributed by atoms with Gasteiger partial charge in [-0.15, -0.1) is 0 Å². The number of carbonyl (C=O) groups is 2. The van der Waals surface area contributed by atoms with Crippen molar-refractivity contribution in [3.63, 3.8) is 0 Å². The number of ketones is 1. The molecule has 3 aromatic rings. The van der Waals surface area contributed by atoms with Crippen molar-refractivity contribution in [2.75, 3.05) is 13.1 Å². The van der Waals surface area contributed by atoms with Crippen LogP contribution >= 0.6 is 0 Å². The summed E-state index contributed by atoms with van der Waals surface area (Å²) in [5.41, 5.74) is 5.44. The number of nitrogens with zero attached hydrogens (tertiary/aromatic N) is 2. The number of ether oxygens (including phenoxy) is 1. The third-order valence-electron chi connectivity index (χ3n) is 6.89. The lowest BCUT2D eigenvalue weighted by molar-refractivity contribution is -0.00593. The highest BCUT2D eigenvalue weighted by Gasteiger charge is 2.44. The van der Waals surface area contributed by atoms with Gasteiger partial charge in [0.15, 0.2) is 5.78 Å². The molecule has 5 rings (SSSR count). The zero-order chi connectivity index (χ0) is 21.9. The van der Waals surface area contributed by atoms with E-state index in [1.807, 2.05) is 47.7 Å². The number of benzene rings is 2. The molecule has 0 radical (unpaired) electrons. The van der Waals surface area contributed by atoms with Crippen molar-refractivity contribution in [1.29, 1.82) is 0 Å². The largest absolute Gasteiger partial charge is 0.486 e. The number of aryl methyl sites for hydroxylation is 4. The van der Waals surface area contributed by atoms with Crippen molar-refractivity contribution >= 4 is 22.6 Å². The number of piperidine rings is 1. The third-order valence-corrected chi connectivity index (χ3v) is 6.89. The van der Waals surface area contributed by atoms with Crippen LogP contribution in [0.5, 0.6) is 5.75 Å². The van der Waals surface area contributed by atoms with E-state index in [9.17, 15) is 9.59 Å². The summed E-state index contributed by atoms with van der Waals surface area (Å²) in [6.45, 7) is 7.33. The number of aromatic nitrogens is 1. The first-order valence-electron chi connectivity index (χ1n) is 11.0. The Balaban J connectivity index is 1.36. The minimum atomic E-state index is -0.497. The van der Waals surface area contributed by atoms with Gasteiger partial charge in [0.05, 0.1) is 17.5 Å². The van der Waals surface area contributed by atoms with Gasteiger partial charge in [0, 0.05) is 38.4 Å². The molecule has 1 fully saturated rings. The van der Waals surface area contributed by atoms with Gasteiger partial charge in [0.2, 0.25) is 0 Å². The molecule has 0 N–H and O–H groups in total. The molecule has 0 bridgehead atoms. The van der Waals surface area contributed by atoms with Crippen LogP contribution < -0.4 is 4.74 Å². The van der Waals surface area contributed by atoms with Crippen LogP contribution in [-0.4, -0.2) is 39.8 Å². The Morgan fingerprint density at radius 1 is 1.00 bits per heavy atom. The summed E-state index contributed by atoms with van der Waals surface area (Å²) in [5, 5.41) is 1.10. The van der Waals surface area contributed by atoms with E-state index < -0.39 is 5.60 Å². The Kier molecular flexibility index (Phi) is 4.47. The van der Waals surface area contributed by atoms with Gasteiger partial charge in [-0.25, -0.2) is 0 Å². The molecule has 1 aromatic heterocycles. The highest BCUT2D eigenvalue weighted by Crippen LogP contribution is 2.40. The summed E-state index contributed by atoms with van der Waals surface area (Å²) >= 11 is 0. The maximum absolute atomic E-state index is 13.4. The van der Waals surface area contributed by atoms with Crippen LogP contribution in [0.4, 0.5) is 0 Å². The number of carbonyl (C=O) groups excluding carboxylic acids is 2. The maximum atomic E-state index is 13.4. The monoisotopic (exact) mass is 416 g/mol. The SMILES string of the molecule is Cc1ccc2c(c1)C(=O)CC1(CCN(C(=O)c3cc4cc(C)cc(C)c4n3C)CC1)O2. The molecule has 2 aliphatic rings. The van der Waals surface area contributed by atoms with E-state index in [1.165, 1.54) is 11.1 Å². The normalized spacial score (nSPS) is 17.7. The van der Waals surface area contributed by atoms with E-state index in [0.717, 1.165) is 16.5 Å². The molecular formula is C26H28N2O3. The summed E-state index contributed by atoms with van der Waals surface area (Å²) < 4.78 is 8.37. The summed E-state index contributed by atoms with van der Waals surface area (Å²) in [6, 6.07) is 12.1. The Hall–Kier alpha value is -3.08. The number of amides is 1. The average molecular weight is 417 g/mol. The molecular weight excluding hydrogens is 388 g/mol. The van der Waals surface area contributed by atoms with Crippen LogP contribution in [0, 0.1) is 20.8 Å². The van der Waals surface area contributed by atoms with Gasteiger partial charge in [-0.3, -0.25) is 9.59 Å². The number of likely N-dealkylation sites (tertiary alicyclic amines) is 1. The Morgan fingerprint density at radius 3 is 2.48 bits per heavy atom. The molecule has 0 aliphatic carbocycles.